The number of hydrogen-bond acceptors (Lipinski definition) is 6. The summed E-state index contributed by atoms with van der Waals surface area (Å²) in [6.45, 7) is 6.69. The molecular weight excluding hydrogens is 551 g/mol. The number of carbonyl (C=O) groups is 2. The highest BCUT2D eigenvalue weighted by molar-refractivity contribution is 6.04. The van der Waals surface area contributed by atoms with Crippen molar-refractivity contribution in [3.63, 3.8) is 0 Å². The van der Waals surface area contributed by atoms with Crippen molar-refractivity contribution >= 4 is 23.6 Å². The quantitative estimate of drug-likeness (QED) is 0.108. The molecule has 1 saturated carbocycles. The summed E-state index contributed by atoms with van der Waals surface area (Å²) in [5, 5.41) is 15.7. The minimum absolute atomic E-state index is 0.0319. The predicted molar refractivity (Wildman–Crippen MR) is 150 cm³/mol. The van der Waals surface area contributed by atoms with Crippen LogP contribution in [0.2, 0.25) is 0 Å². The first-order valence-corrected chi connectivity index (χ1v) is 13.9. The van der Waals surface area contributed by atoms with Crippen LogP contribution in [0.5, 0.6) is 5.75 Å². The second kappa shape index (κ2) is 12.4. The lowest BCUT2D eigenvalue weighted by Gasteiger charge is -2.43. The van der Waals surface area contributed by atoms with Crippen molar-refractivity contribution in [1.29, 1.82) is 10.9 Å². The number of anilines is 1. The number of nitrogens with one attached hydrogen (secondary N) is 5. The zero-order valence-corrected chi connectivity index (χ0v) is 23.8. The number of rotatable bonds is 6. The van der Waals surface area contributed by atoms with E-state index in [2.05, 4.69) is 41.4 Å². The molecule has 13 heteroatoms. The fraction of sp³-hybridized carbons (Fsp3) is 0.483. The lowest BCUT2D eigenvalue weighted by Crippen LogP contribution is -2.47. The summed E-state index contributed by atoms with van der Waals surface area (Å²) >= 11 is 0. The summed E-state index contributed by atoms with van der Waals surface area (Å²) in [6, 6.07) is 9.68. The maximum absolute atomic E-state index is 13.8. The first-order chi connectivity index (χ1) is 19.7. The fourth-order valence-corrected chi connectivity index (χ4v) is 6.00. The number of guanidine groups is 1. The van der Waals surface area contributed by atoms with Gasteiger partial charge in [-0.05, 0) is 97.4 Å². The van der Waals surface area contributed by atoms with Crippen molar-refractivity contribution in [2.24, 2.45) is 16.6 Å². The Morgan fingerprint density at radius 1 is 1.00 bits per heavy atom. The summed E-state index contributed by atoms with van der Waals surface area (Å²) in [5.41, 5.74) is 11.5. The number of ether oxygens (including phenoxy) is 1. The molecule has 0 heterocycles. The molecule has 10 nitrogen and oxygen atoms in total. The van der Waals surface area contributed by atoms with Gasteiger partial charge >= 0.3 is 12.4 Å². The van der Waals surface area contributed by atoms with Crippen LogP contribution in [-0.4, -0.2) is 35.2 Å². The average Bonchev–Trinajstić information content (AvgIpc) is 3.32. The smallest absolute Gasteiger partial charge is 0.406 e. The standard InChI is InChI=1S/C29H36F3N7O3/c1-28(2,3)19-6-10-21(11-7-19)39(27(41)35-20-8-12-22(13-9-20)42-29(30,31)32)24-15-5-17-16-18(4-14-23(17)24)25(40)36-26(33)37-38-34/h4,8-9,12-14,16,19,21,24H,5-7,10-11,15H2,1-3H3,(H,35,41)(H4,33,34,36,37,40). The van der Waals surface area contributed by atoms with Gasteiger partial charge in [-0.25, -0.2) is 10.2 Å². The van der Waals surface area contributed by atoms with Crippen LogP contribution in [0.15, 0.2) is 47.7 Å². The summed E-state index contributed by atoms with van der Waals surface area (Å²) in [5.74, 6) is -0.772. The van der Waals surface area contributed by atoms with Crippen molar-refractivity contribution < 1.29 is 27.5 Å². The zero-order chi connectivity index (χ0) is 30.7. The molecule has 0 aromatic heterocycles. The number of alkyl halides is 3. The van der Waals surface area contributed by atoms with Crippen LogP contribution in [0.1, 0.15) is 80.4 Å². The molecule has 2 aliphatic rings. The third kappa shape index (κ3) is 7.56. The maximum atomic E-state index is 13.8. The molecule has 0 radical (unpaired) electrons. The van der Waals surface area contributed by atoms with Crippen LogP contribution in [0, 0.1) is 22.3 Å². The van der Waals surface area contributed by atoms with E-state index in [0.717, 1.165) is 48.9 Å². The molecule has 1 unspecified atom stereocenters. The van der Waals surface area contributed by atoms with Crippen LogP contribution < -0.4 is 20.8 Å². The SMILES string of the molecule is CC(C)(C)C1CCC(N(C(=O)Nc2ccc(OC(F)(F)F)cc2)C2CCc3cc(C(=O)NC(=N)NN=N)ccc32)CC1. The van der Waals surface area contributed by atoms with E-state index in [1.54, 1.807) is 12.1 Å². The van der Waals surface area contributed by atoms with Crippen molar-refractivity contribution in [2.75, 3.05) is 5.32 Å². The van der Waals surface area contributed by atoms with Crippen LogP contribution in [0.4, 0.5) is 23.7 Å². The predicted octanol–water partition coefficient (Wildman–Crippen LogP) is 6.91. The Kier molecular flexibility index (Phi) is 9.07. The van der Waals surface area contributed by atoms with Crippen molar-refractivity contribution in [2.45, 2.75) is 77.7 Å². The molecule has 3 amide bonds. The molecule has 5 N–H and O–H groups in total. The van der Waals surface area contributed by atoms with E-state index in [1.165, 1.54) is 12.1 Å². The topological polar surface area (TPSA) is 143 Å². The van der Waals surface area contributed by atoms with Gasteiger partial charge in [-0.15, -0.1) is 13.2 Å². The normalized spacial score (nSPS) is 20.2. The average molecular weight is 588 g/mol. The molecule has 1 atom stereocenters. The zero-order valence-electron chi connectivity index (χ0n) is 23.8. The molecule has 0 spiro atoms. The second-order valence-electron chi connectivity index (χ2n) is 11.8. The minimum Gasteiger partial charge on any atom is -0.406 e. The van der Waals surface area contributed by atoms with Crippen LogP contribution in [0.25, 0.3) is 0 Å². The van der Waals surface area contributed by atoms with Crippen LogP contribution in [-0.2, 0) is 6.42 Å². The minimum atomic E-state index is -4.81. The van der Waals surface area contributed by atoms with Gasteiger partial charge in [0.1, 0.15) is 5.75 Å². The summed E-state index contributed by atoms with van der Waals surface area (Å²) < 4.78 is 41.7. The number of halogens is 3. The van der Waals surface area contributed by atoms with E-state index in [9.17, 15) is 22.8 Å². The molecule has 2 aliphatic carbocycles. The number of aryl methyl sites for hydroxylation is 1. The van der Waals surface area contributed by atoms with E-state index in [0.29, 0.717) is 30.0 Å². The largest absolute Gasteiger partial charge is 0.573 e. The molecule has 226 valence electrons. The number of urea groups is 1. The Hall–Kier alpha value is -4.16. The van der Waals surface area contributed by atoms with Crippen molar-refractivity contribution in [1.82, 2.24) is 15.6 Å². The number of amides is 3. The molecule has 2 aromatic rings. The highest BCUT2D eigenvalue weighted by Crippen LogP contribution is 2.44. The third-order valence-corrected chi connectivity index (χ3v) is 8.08. The molecule has 0 bridgehead atoms. The van der Waals surface area contributed by atoms with Gasteiger partial charge in [0.2, 0.25) is 5.96 Å². The monoisotopic (exact) mass is 587 g/mol. The van der Waals surface area contributed by atoms with Crippen molar-refractivity contribution in [3.05, 3.63) is 59.2 Å². The Morgan fingerprint density at radius 2 is 1.67 bits per heavy atom. The van der Waals surface area contributed by atoms with Gasteiger partial charge in [0.15, 0.2) is 0 Å². The number of hydrogen-bond donors (Lipinski definition) is 5. The highest BCUT2D eigenvalue weighted by Gasteiger charge is 2.39. The molecule has 42 heavy (non-hydrogen) atoms. The Labute approximate surface area is 242 Å². The Balaban J connectivity index is 1.56. The number of fused-ring (bicyclic) bond motifs is 1. The van der Waals surface area contributed by atoms with E-state index in [4.69, 9.17) is 10.9 Å². The summed E-state index contributed by atoms with van der Waals surface area (Å²) in [4.78, 5) is 28.3. The van der Waals surface area contributed by atoms with Gasteiger partial charge in [0.25, 0.3) is 5.91 Å². The van der Waals surface area contributed by atoms with Gasteiger partial charge < -0.3 is 15.0 Å². The summed E-state index contributed by atoms with van der Waals surface area (Å²) in [6.07, 6.45) is 0.103. The Morgan fingerprint density at radius 3 is 2.26 bits per heavy atom. The van der Waals surface area contributed by atoms with Gasteiger partial charge in [-0.2, -0.15) is 5.53 Å². The van der Waals surface area contributed by atoms with E-state index in [1.807, 2.05) is 16.4 Å². The molecule has 2 aromatic carbocycles. The van der Waals surface area contributed by atoms with E-state index in [-0.39, 0.29) is 29.3 Å². The van der Waals surface area contributed by atoms with E-state index >= 15 is 0 Å². The van der Waals surface area contributed by atoms with Crippen molar-refractivity contribution in [3.8, 4) is 5.75 Å². The lowest BCUT2D eigenvalue weighted by molar-refractivity contribution is -0.274. The van der Waals surface area contributed by atoms with Crippen LogP contribution >= 0.6 is 0 Å². The fourth-order valence-electron chi connectivity index (χ4n) is 6.00. The molecule has 0 saturated heterocycles. The van der Waals surface area contributed by atoms with E-state index < -0.39 is 18.2 Å². The number of carbonyl (C=O) groups excluding carboxylic acids is 2. The first-order valence-electron chi connectivity index (χ1n) is 13.9. The molecular formula is C29H36F3N7O3. The van der Waals surface area contributed by atoms with Gasteiger partial charge in [0, 0.05) is 17.3 Å². The first kappa shape index (κ1) is 30.8. The molecule has 1 fully saturated rings. The maximum Gasteiger partial charge on any atom is 0.573 e. The molecule has 0 aliphatic heterocycles. The second-order valence-corrected chi connectivity index (χ2v) is 11.8. The number of nitrogens with zero attached hydrogens (tertiary/aromatic N) is 2. The summed E-state index contributed by atoms with van der Waals surface area (Å²) in [7, 11) is 0. The van der Waals surface area contributed by atoms with Crippen LogP contribution in [0.3, 0.4) is 0 Å². The number of benzene rings is 2. The molecule has 4 rings (SSSR count). The Bertz CT molecular complexity index is 1320. The van der Waals surface area contributed by atoms with Gasteiger partial charge in [-0.3, -0.25) is 15.5 Å². The lowest BCUT2D eigenvalue weighted by atomic mass is 9.71. The highest BCUT2D eigenvalue weighted by atomic mass is 19.4. The van der Waals surface area contributed by atoms with Gasteiger partial charge in [0.05, 0.1) is 6.04 Å². The van der Waals surface area contributed by atoms with Gasteiger partial charge in [-0.1, -0.05) is 32.1 Å². The third-order valence-electron chi connectivity index (χ3n) is 8.08.